The maximum atomic E-state index is 13.5. The van der Waals surface area contributed by atoms with Gasteiger partial charge in [-0.3, -0.25) is 9.59 Å². The second kappa shape index (κ2) is 8.11. The van der Waals surface area contributed by atoms with E-state index in [1.54, 1.807) is 0 Å². The number of hydrogen-bond acceptors (Lipinski definition) is 3. The van der Waals surface area contributed by atoms with Crippen molar-refractivity contribution in [2.24, 2.45) is 17.3 Å². The highest BCUT2D eigenvalue weighted by molar-refractivity contribution is 6.45. The summed E-state index contributed by atoms with van der Waals surface area (Å²) >= 11 is 13.0. The Bertz CT molecular complexity index is 827. The lowest BCUT2D eigenvalue weighted by molar-refractivity contribution is -0.147. The molecule has 0 radical (unpaired) electrons. The first-order chi connectivity index (χ1) is 13.8. The monoisotopic (exact) mass is 438 g/mol. The number of carboxylic acid groups (broad SMARTS) is 1. The van der Waals surface area contributed by atoms with Crippen LogP contribution < -0.4 is 4.74 Å². The summed E-state index contributed by atoms with van der Waals surface area (Å²) in [5.41, 5.74) is 1.14. The van der Waals surface area contributed by atoms with Crippen molar-refractivity contribution in [3.63, 3.8) is 0 Å². The fraction of sp³-hybridized carbons (Fsp3) is 0.652. The summed E-state index contributed by atoms with van der Waals surface area (Å²) in [6, 6.07) is 1.88. The summed E-state index contributed by atoms with van der Waals surface area (Å²) < 4.78 is 5.97. The van der Waals surface area contributed by atoms with Gasteiger partial charge in [-0.2, -0.15) is 0 Å². The summed E-state index contributed by atoms with van der Waals surface area (Å²) in [5.74, 6) is 0.267. The zero-order valence-corrected chi connectivity index (χ0v) is 18.3. The van der Waals surface area contributed by atoms with Gasteiger partial charge in [-0.1, -0.05) is 55.8 Å². The van der Waals surface area contributed by atoms with Crippen molar-refractivity contribution >= 4 is 35.0 Å². The SMILES string of the molecule is CCCCC1(CCC2CC2)Cc2cc(OC3CC(C(=O)O)C3)c(Cl)c(Cl)c2C1=O. The molecule has 1 aromatic rings. The van der Waals surface area contributed by atoms with E-state index in [9.17, 15) is 9.59 Å². The molecule has 0 bridgehead atoms. The van der Waals surface area contributed by atoms with Crippen LogP contribution in [0, 0.1) is 17.3 Å². The van der Waals surface area contributed by atoms with E-state index in [-0.39, 0.29) is 28.2 Å². The smallest absolute Gasteiger partial charge is 0.306 e. The number of carbonyl (C=O) groups is 2. The van der Waals surface area contributed by atoms with E-state index >= 15 is 0 Å². The molecule has 2 saturated carbocycles. The molecule has 4 nitrogen and oxygen atoms in total. The van der Waals surface area contributed by atoms with Gasteiger partial charge < -0.3 is 9.84 Å². The molecule has 0 spiro atoms. The number of carboxylic acids is 1. The van der Waals surface area contributed by atoms with Crippen LogP contribution >= 0.6 is 23.2 Å². The van der Waals surface area contributed by atoms with Crippen LogP contribution in [0.25, 0.3) is 0 Å². The van der Waals surface area contributed by atoms with Crippen molar-refractivity contribution in [3.8, 4) is 5.75 Å². The number of rotatable bonds is 9. The molecule has 4 rings (SSSR count). The Labute approximate surface area is 181 Å². The molecule has 1 atom stereocenters. The average Bonchev–Trinajstić information content (AvgIpc) is 3.43. The predicted octanol–water partition coefficient (Wildman–Crippen LogP) is 6.34. The third-order valence-electron chi connectivity index (χ3n) is 6.97. The number of carbonyl (C=O) groups excluding carboxylic acids is 1. The molecule has 0 amide bonds. The van der Waals surface area contributed by atoms with Gasteiger partial charge in [0.25, 0.3) is 0 Å². The van der Waals surface area contributed by atoms with E-state index < -0.39 is 5.97 Å². The molecule has 6 heteroatoms. The standard InChI is InChI=1S/C23H28Cl2O4/c1-2-3-7-23(8-6-13-4-5-13)12-15-11-17(19(24)20(25)18(15)21(23)26)29-16-9-14(10-16)22(27)28/h11,13-14,16H,2-10,12H2,1H3,(H,27,28). The number of halogens is 2. The van der Waals surface area contributed by atoms with Crippen molar-refractivity contribution in [1.29, 1.82) is 0 Å². The van der Waals surface area contributed by atoms with Gasteiger partial charge in [0.2, 0.25) is 0 Å². The Morgan fingerprint density at radius 1 is 1.24 bits per heavy atom. The van der Waals surface area contributed by atoms with E-state index in [1.165, 1.54) is 12.8 Å². The summed E-state index contributed by atoms with van der Waals surface area (Å²) in [4.78, 5) is 24.5. The van der Waals surface area contributed by atoms with Crippen LogP contribution in [0.2, 0.25) is 10.0 Å². The highest BCUT2D eigenvalue weighted by Gasteiger charge is 2.47. The van der Waals surface area contributed by atoms with Crippen LogP contribution in [-0.2, 0) is 11.2 Å². The third-order valence-corrected chi connectivity index (χ3v) is 7.82. The highest BCUT2D eigenvalue weighted by Crippen LogP contribution is 2.52. The number of fused-ring (bicyclic) bond motifs is 1. The predicted molar refractivity (Wildman–Crippen MR) is 113 cm³/mol. The fourth-order valence-corrected chi connectivity index (χ4v) is 5.30. The number of hydrogen-bond donors (Lipinski definition) is 1. The lowest BCUT2D eigenvalue weighted by Gasteiger charge is -2.33. The van der Waals surface area contributed by atoms with Crippen LogP contribution in [0.3, 0.4) is 0 Å². The van der Waals surface area contributed by atoms with Crippen molar-refractivity contribution in [3.05, 3.63) is 27.2 Å². The van der Waals surface area contributed by atoms with Crippen LogP contribution in [0.15, 0.2) is 6.07 Å². The minimum atomic E-state index is -0.787. The summed E-state index contributed by atoms with van der Waals surface area (Å²) in [6.07, 6.45) is 9.04. The number of Topliss-reactive ketones (excluding diaryl/α,β-unsaturated/α-hetero) is 1. The first-order valence-corrected chi connectivity index (χ1v) is 11.6. The molecule has 158 valence electrons. The summed E-state index contributed by atoms with van der Waals surface area (Å²) in [6.45, 7) is 2.15. The van der Waals surface area contributed by atoms with Crippen molar-refractivity contribution in [2.45, 2.75) is 77.2 Å². The topological polar surface area (TPSA) is 63.6 Å². The molecule has 3 aliphatic rings. The maximum absolute atomic E-state index is 13.5. The highest BCUT2D eigenvalue weighted by atomic mass is 35.5. The molecule has 3 aliphatic carbocycles. The zero-order chi connectivity index (χ0) is 20.8. The van der Waals surface area contributed by atoms with E-state index in [4.69, 9.17) is 33.0 Å². The Morgan fingerprint density at radius 2 is 1.97 bits per heavy atom. The third kappa shape index (κ3) is 4.03. The Kier molecular flexibility index (Phi) is 5.87. The zero-order valence-electron chi connectivity index (χ0n) is 16.8. The minimum absolute atomic E-state index is 0.148. The quantitative estimate of drug-likeness (QED) is 0.488. The second-order valence-corrected chi connectivity index (χ2v) is 9.91. The molecule has 0 aromatic heterocycles. The molecular formula is C23H28Cl2O4. The van der Waals surface area contributed by atoms with E-state index in [0.29, 0.717) is 35.6 Å². The van der Waals surface area contributed by atoms with E-state index in [0.717, 1.165) is 43.6 Å². The number of ether oxygens (including phenoxy) is 1. The normalized spacial score (nSPS) is 28.2. The molecular weight excluding hydrogens is 411 g/mol. The van der Waals surface area contributed by atoms with Crippen molar-refractivity contribution in [2.75, 3.05) is 0 Å². The van der Waals surface area contributed by atoms with Crippen LogP contribution in [0.4, 0.5) is 0 Å². The first-order valence-electron chi connectivity index (χ1n) is 10.8. The molecule has 2 fully saturated rings. The number of ketones is 1. The van der Waals surface area contributed by atoms with Gasteiger partial charge in [0.1, 0.15) is 16.9 Å². The van der Waals surface area contributed by atoms with Gasteiger partial charge in [-0.25, -0.2) is 0 Å². The van der Waals surface area contributed by atoms with Gasteiger partial charge in [0.05, 0.1) is 10.9 Å². The van der Waals surface area contributed by atoms with Crippen LogP contribution in [0.1, 0.15) is 80.6 Å². The second-order valence-electron chi connectivity index (χ2n) is 9.16. The number of aliphatic carboxylic acids is 1. The van der Waals surface area contributed by atoms with Crippen LogP contribution in [0.5, 0.6) is 5.75 Å². The van der Waals surface area contributed by atoms with Gasteiger partial charge in [0.15, 0.2) is 5.78 Å². The van der Waals surface area contributed by atoms with Crippen molar-refractivity contribution in [1.82, 2.24) is 0 Å². The van der Waals surface area contributed by atoms with Crippen LogP contribution in [-0.4, -0.2) is 23.0 Å². The molecule has 0 saturated heterocycles. The van der Waals surface area contributed by atoms with Gasteiger partial charge in [-0.05, 0) is 56.1 Å². The lowest BCUT2D eigenvalue weighted by Crippen LogP contribution is -2.38. The molecule has 1 unspecified atom stereocenters. The summed E-state index contributed by atoms with van der Waals surface area (Å²) in [7, 11) is 0. The van der Waals surface area contributed by atoms with Gasteiger partial charge in [-0.15, -0.1) is 0 Å². The molecule has 0 aliphatic heterocycles. The van der Waals surface area contributed by atoms with E-state index in [1.807, 2.05) is 6.07 Å². The van der Waals surface area contributed by atoms with Crippen molar-refractivity contribution < 1.29 is 19.4 Å². The van der Waals surface area contributed by atoms with E-state index in [2.05, 4.69) is 6.92 Å². The molecule has 29 heavy (non-hydrogen) atoms. The average molecular weight is 439 g/mol. The lowest BCUT2D eigenvalue weighted by atomic mass is 9.75. The molecule has 1 N–H and O–H groups in total. The Balaban J connectivity index is 1.56. The fourth-order valence-electron chi connectivity index (χ4n) is 4.81. The number of unbranched alkanes of at least 4 members (excludes halogenated alkanes) is 1. The molecule has 0 heterocycles. The molecule has 1 aromatic carbocycles. The minimum Gasteiger partial charge on any atom is -0.489 e. The Hall–Kier alpha value is -1.26. The first kappa shape index (κ1) is 21.0. The van der Waals surface area contributed by atoms with Gasteiger partial charge >= 0.3 is 5.97 Å². The maximum Gasteiger partial charge on any atom is 0.306 e. The summed E-state index contributed by atoms with van der Waals surface area (Å²) in [5, 5.41) is 9.62. The number of benzene rings is 1. The Morgan fingerprint density at radius 3 is 2.59 bits per heavy atom. The van der Waals surface area contributed by atoms with Gasteiger partial charge in [0, 0.05) is 11.0 Å². The largest absolute Gasteiger partial charge is 0.489 e.